The third-order valence-corrected chi connectivity index (χ3v) is 3.14. The van der Waals surface area contributed by atoms with Gasteiger partial charge in [-0.25, -0.2) is 0 Å². The van der Waals surface area contributed by atoms with Gasteiger partial charge in [-0.1, -0.05) is 13.3 Å². The number of thioether (sulfide) groups is 1. The van der Waals surface area contributed by atoms with Crippen molar-refractivity contribution in [2.45, 2.75) is 31.6 Å². The van der Waals surface area contributed by atoms with Gasteiger partial charge in [-0.15, -0.1) is 11.8 Å². The third kappa shape index (κ3) is 1.87. The smallest absolute Gasteiger partial charge is 0.0617 e. The molecule has 1 fully saturated rings. The Kier molecular flexibility index (Phi) is 2.42. The zero-order valence-electron chi connectivity index (χ0n) is 6.24. The molecule has 0 radical (unpaired) electrons. The highest BCUT2D eigenvalue weighted by Gasteiger charge is 2.26. The summed E-state index contributed by atoms with van der Waals surface area (Å²) < 4.78 is 0. The third-order valence-electron chi connectivity index (χ3n) is 1.75. The summed E-state index contributed by atoms with van der Waals surface area (Å²) in [5.41, 5.74) is 0. The van der Waals surface area contributed by atoms with Crippen molar-refractivity contribution in [3.05, 3.63) is 0 Å². The Morgan fingerprint density at radius 3 is 2.89 bits per heavy atom. The molecule has 1 rings (SSSR count). The van der Waals surface area contributed by atoms with Crippen LogP contribution in [0.3, 0.4) is 0 Å². The topological polar surface area (TPSA) is 12.0 Å². The molecule has 1 aliphatic rings. The quantitative estimate of drug-likeness (QED) is 0.636. The molecule has 1 N–H and O–H groups in total. The molecular formula is C7H15NS. The van der Waals surface area contributed by atoms with E-state index < -0.39 is 0 Å². The molecule has 0 aromatic carbocycles. The summed E-state index contributed by atoms with van der Waals surface area (Å²) in [5.74, 6) is 1.29. The van der Waals surface area contributed by atoms with Gasteiger partial charge in [-0.3, -0.25) is 0 Å². The van der Waals surface area contributed by atoms with Gasteiger partial charge in [-0.2, -0.15) is 0 Å². The van der Waals surface area contributed by atoms with Crippen LogP contribution in [0.5, 0.6) is 0 Å². The zero-order valence-corrected chi connectivity index (χ0v) is 7.05. The number of nitrogens with one attached hydrogen (secondary N) is 1. The van der Waals surface area contributed by atoms with Gasteiger partial charge in [0.15, 0.2) is 0 Å². The molecule has 1 atom stereocenters. The van der Waals surface area contributed by atoms with Gasteiger partial charge in [0.05, 0.1) is 4.87 Å². The SMILES string of the molecule is CCC[C@@]1(C)NCCS1. The van der Waals surface area contributed by atoms with E-state index in [-0.39, 0.29) is 0 Å². The summed E-state index contributed by atoms with van der Waals surface area (Å²) in [5, 5.41) is 3.50. The van der Waals surface area contributed by atoms with Gasteiger partial charge in [0.25, 0.3) is 0 Å². The van der Waals surface area contributed by atoms with E-state index in [1.165, 1.54) is 25.1 Å². The highest BCUT2D eigenvalue weighted by atomic mass is 32.2. The van der Waals surface area contributed by atoms with E-state index in [4.69, 9.17) is 0 Å². The molecule has 54 valence electrons. The van der Waals surface area contributed by atoms with Crippen LogP contribution in [0.2, 0.25) is 0 Å². The van der Waals surface area contributed by atoms with E-state index >= 15 is 0 Å². The normalized spacial score (nSPS) is 35.3. The highest BCUT2D eigenvalue weighted by Crippen LogP contribution is 2.30. The molecule has 0 saturated carbocycles. The summed E-state index contributed by atoms with van der Waals surface area (Å²) in [6, 6.07) is 0. The first-order valence-electron chi connectivity index (χ1n) is 3.66. The van der Waals surface area contributed by atoms with Gasteiger partial charge < -0.3 is 5.32 Å². The van der Waals surface area contributed by atoms with Crippen LogP contribution in [0.25, 0.3) is 0 Å². The molecule has 1 heterocycles. The zero-order chi connectivity index (χ0) is 6.74. The average Bonchev–Trinajstić information content (AvgIpc) is 2.16. The van der Waals surface area contributed by atoms with E-state index in [2.05, 4.69) is 30.9 Å². The second-order valence-electron chi connectivity index (χ2n) is 2.76. The molecule has 0 aromatic rings. The lowest BCUT2D eigenvalue weighted by Crippen LogP contribution is -2.33. The van der Waals surface area contributed by atoms with Crippen LogP contribution in [0.15, 0.2) is 0 Å². The lowest BCUT2D eigenvalue weighted by molar-refractivity contribution is 0.500. The highest BCUT2D eigenvalue weighted by molar-refractivity contribution is 8.00. The molecule has 2 heteroatoms. The minimum Gasteiger partial charge on any atom is -0.302 e. The van der Waals surface area contributed by atoms with E-state index in [9.17, 15) is 0 Å². The first kappa shape index (κ1) is 7.42. The average molecular weight is 145 g/mol. The maximum Gasteiger partial charge on any atom is 0.0617 e. The molecule has 0 aliphatic carbocycles. The largest absolute Gasteiger partial charge is 0.302 e. The molecular weight excluding hydrogens is 130 g/mol. The lowest BCUT2D eigenvalue weighted by atomic mass is 10.2. The minimum absolute atomic E-state index is 0.411. The summed E-state index contributed by atoms with van der Waals surface area (Å²) in [4.78, 5) is 0.411. The van der Waals surface area contributed by atoms with Gasteiger partial charge >= 0.3 is 0 Å². The van der Waals surface area contributed by atoms with Crippen LogP contribution >= 0.6 is 11.8 Å². The van der Waals surface area contributed by atoms with Crippen LogP contribution in [0.4, 0.5) is 0 Å². The minimum atomic E-state index is 0.411. The summed E-state index contributed by atoms with van der Waals surface area (Å²) >= 11 is 2.06. The van der Waals surface area contributed by atoms with E-state index in [0.29, 0.717) is 4.87 Å². The maximum atomic E-state index is 3.50. The second-order valence-corrected chi connectivity index (χ2v) is 4.35. The first-order chi connectivity index (χ1) is 4.27. The van der Waals surface area contributed by atoms with Crippen molar-refractivity contribution < 1.29 is 0 Å². The Balaban J connectivity index is 2.32. The van der Waals surface area contributed by atoms with Crippen molar-refractivity contribution >= 4 is 11.8 Å². The Labute approximate surface area is 61.6 Å². The molecule has 1 aliphatic heterocycles. The van der Waals surface area contributed by atoms with Gasteiger partial charge in [0.1, 0.15) is 0 Å². The molecule has 0 spiro atoms. The van der Waals surface area contributed by atoms with Crippen LogP contribution < -0.4 is 5.32 Å². The number of hydrogen-bond acceptors (Lipinski definition) is 2. The fourth-order valence-electron chi connectivity index (χ4n) is 1.28. The molecule has 9 heavy (non-hydrogen) atoms. The predicted octanol–water partition coefficient (Wildman–Crippen LogP) is 1.84. The van der Waals surface area contributed by atoms with Crippen molar-refractivity contribution in [3.63, 3.8) is 0 Å². The molecule has 0 unspecified atom stereocenters. The molecule has 1 saturated heterocycles. The fraction of sp³-hybridized carbons (Fsp3) is 1.00. The van der Waals surface area contributed by atoms with E-state index in [1.807, 2.05) is 0 Å². The first-order valence-corrected chi connectivity index (χ1v) is 4.64. The second kappa shape index (κ2) is 2.93. The number of rotatable bonds is 2. The van der Waals surface area contributed by atoms with Crippen molar-refractivity contribution in [1.29, 1.82) is 0 Å². The van der Waals surface area contributed by atoms with Crippen molar-refractivity contribution in [1.82, 2.24) is 5.32 Å². The van der Waals surface area contributed by atoms with Gasteiger partial charge in [0, 0.05) is 12.3 Å². The maximum absolute atomic E-state index is 3.50. The predicted molar refractivity (Wildman–Crippen MR) is 43.8 cm³/mol. The fourth-order valence-corrected chi connectivity index (χ4v) is 2.49. The Morgan fingerprint density at radius 2 is 2.44 bits per heavy atom. The molecule has 0 bridgehead atoms. The molecule has 1 nitrogen and oxygen atoms in total. The van der Waals surface area contributed by atoms with Gasteiger partial charge in [0.2, 0.25) is 0 Å². The van der Waals surface area contributed by atoms with Crippen LogP contribution in [-0.2, 0) is 0 Å². The summed E-state index contributed by atoms with van der Waals surface area (Å²) in [6.45, 7) is 5.74. The molecule has 0 amide bonds. The standard InChI is InChI=1S/C7H15NS/c1-3-4-7(2)8-5-6-9-7/h8H,3-6H2,1-2H3/t7-/m0/s1. The summed E-state index contributed by atoms with van der Waals surface area (Å²) in [7, 11) is 0. The lowest BCUT2D eigenvalue weighted by Gasteiger charge is -2.21. The van der Waals surface area contributed by atoms with Gasteiger partial charge in [-0.05, 0) is 13.3 Å². The van der Waals surface area contributed by atoms with E-state index in [1.54, 1.807) is 0 Å². The van der Waals surface area contributed by atoms with Crippen molar-refractivity contribution in [3.8, 4) is 0 Å². The molecule has 0 aromatic heterocycles. The Hall–Kier alpha value is 0.310. The Morgan fingerprint density at radius 1 is 1.67 bits per heavy atom. The van der Waals surface area contributed by atoms with Crippen molar-refractivity contribution in [2.24, 2.45) is 0 Å². The Bertz CT molecular complexity index is 86.9. The van der Waals surface area contributed by atoms with E-state index in [0.717, 1.165) is 0 Å². The monoisotopic (exact) mass is 145 g/mol. The van der Waals surface area contributed by atoms with Crippen molar-refractivity contribution in [2.75, 3.05) is 12.3 Å². The summed E-state index contributed by atoms with van der Waals surface area (Å²) in [6.07, 6.45) is 2.59. The van der Waals surface area contributed by atoms with Crippen LogP contribution in [0, 0.1) is 0 Å². The van der Waals surface area contributed by atoms with Crippen LogP contribution in [-0.4, -0.2) is 17.2 Å². The number of hydrogen-bond donors (Lipinski definition) is 1. The van der Waals surface area contributed by atoms with Crippen LogP contribution in [0.1, 0.15) is 26.7 Å².